The van der Waals surface area contributed by atoms with Crippen LogP contribution in [-0.4, -0.2) is 9.13 Å². The van der Waals surface area contributed by atoms with Gasteiger partial charge in [-0.2, -0.15) is 0 Å². The van der Waals surface area contributed by atoms with E-state index in [1.807, 2.05) is 27.0 Å². The molecule has 1 aromatic heterocycles. The number of aromatic nitrogens is 2. The number of halogens is 2. The van der Waals surface area contributed by atoms with Gasteiger partial charge in [-0.25, -0.2) is 4.79 Å². The normalized spacial score (nSPS) is 11.2. The molecule has 2 rings (SSSR count). The second-order valence-electron chi connectivity index (χ2n) is 4.49. The van der Waals surface area contributed by atoms with Crippen LogP contribution in [0.5, 0.6) is 0 Å². The molecule has 0 N–H and O–H groups in total. The average Bonchev–Trinajstić information content (AvgIpc) is 2.59. The molecule has 0 amide bonds. The Labute approximate surface area is 116 Å². The zero-order valence-corrected chi connectivity index (χ0v) is 12.0. The van der Waals surface area contributed by atoms with E-state index in [0.717, 1.165) is 11.4 Å². The molecule has 2 aromatic rings. The van der Waals surface area contributed by atoms with E-state index in [1.54, 1.807) is 27.3 Å². The summed E-state index contributed by atoms with van der Waals surface area (Å²) in [5.74, 6) is 0. The van der Waals surface area contributed by atoms with Crippen LogP contribution >= 0.6 is 23.2 Å². The first-order valence-corrected chi connectivity index (χ1v) is 6.43. The Bertz CT molecular complexity index is 641. The number of benzene rings is 1. The topological polar surface area (TPSA) is 26.9 Å². The van der Waals surface area contributed by atoms with E-state index in [-0.39, 0.29) is 11.7 Å². The Morgan fingerprint density at radius 1 is 1.17 bits per heavy atom. The van der Waals surface area contributed by atoms with Gasteiger partial charge in [-0.15, -0.1) is 0 Å². The SMILES string of the molecule is Cc1cn(C(C)C)c(=O)n1-c1ccc(Cl)c(Cl)c1. The van der Waals surface area contributed by atoms with Crippen molar-refractivity contribution in [1.82, 2.24) is 9.13 Å². The first-order valence-electron chi connectivity index (χ1n) is 5.67. The van der Waals surface area contributed by atoms with Gasteiger partial charge in [0.25, 0.3) is 0 Å². The Balaban J connectivity index is 2.64. The highest BCUT2D eigenvalue weighted by Gasteiger charge is 2.12. The predicted molar refractivity (Wildman–Crippen MR) is 75.2 cm³/mol. The summed E-state index contributed by atoms with van der Waals surface area (Å²) < 4.78 is 3.32. The van der Waals surface area contributed by atoms with Crippen molar-refractivity contribution >= 4 is 23.2 Å². The predicted octanol–water partition coefficient (Wildman–Crippen LogP) is 3.84. The fourth-order valence-electron chi connectivity index (χ4n) is 1.89. The van der Waals surface area contributed by atoms with Gasteiger partial charge in [-0.05, 0) is 39.0 Å². The Hall–Kier alpha value is -1.19. The summed E-state index contributed by atoms with van der Waals surface area (Å²) in [5, 5.41) is 0.923. The minimum atomic E-state index is -0.0686. The lowest BCUT2D eigenvalue weighted by molar-refractivity contribution is 0.574. The van der Waals surface area contributed by atoms with Crippen molar-refractivity contribution in [3.8, 4) is 5.69 Å². The molecular formula is C13H14Cl2N2O. The van der Waals surface area contributed by atoms with E-state index in [2.05, 4.69) is 0 Å². The fraction of sp³-hybridized carbons (Fsp3) is 0.308. The van der Waals surface area contributed by atoms with Crippen molar-refractivity contribution in [3.05, 3.63) is 50.6 Å². The van der Waals surface area contributed by atoms with Gasteiger partial charge < -0.3 is 0 Å². The van der Waals surface area contributed by atoms with Crippen LogP contribution in [0.15, 0.2) is 29.2 Å². The van der Waals surface area contributed by atoms with E-state index in [0.29, 0.717) is 10.0 Å². The van der Waals surface area contributed by atoms with Gasteiger partial charge >= 0.3 is 5.69 Å². The quantitative estimate of drug-likeness (QED) is 0.823. The highest BCUT2D eigenvalue weighted by Crippen LogP contribution is 2.24. The number of aryl methyl sites for hydroxylation is 1. The Morgan fingerprint density at radius 3 is 2.33 bits per heavy atom. The fourth-order valence-corrected chi connectivity index (χ4v) is 2.18. The molecule has 1 heterocycles. The third-order valence-electron chi connectivity index (χ3n) is 2.81. The molecule has 0 saturated carbocycles. The van der Waals surface area contributed by atoms with Crippen molar-refractivity contribution in [2.75, 3.05) is 0 Å². The molecule has 0 spiro atoms. The lowest BCUT2D eigenvalue weighted by atomic mass is 10.3. The van der Waals surface area contributed by atoms with E-state index in [1.165, 1.54) is 0 Å². The van der Waals surface area contributed by atoms with E-state index >= 15 is 0 Å². The van der Waals surface area contributed by atoms with Gasteiger partial charge in [0.1, 0.15) is 0 Å². The smallest absolute Gasteiger partial charge is 0.296 e. The summed E-state index contributed by atoms with van der Waals surface area (Å²) in [4.78, 5) is 12.3. The minimum Gasteiger partial charge on any atom is -0.296 e. The lowest BCUT2D eigenvalue weighted by Gasteiger charge is -2.06. The number of nitrogens with zero attached hydrogens (tertiary/aromatic N) is 2. The van der Waals surface area contributed by atoms with Gasteiger partial charge in [0.2, 0.25) is 0 Å². The average molecular weight is 285 g/mol. The molecule has 0 fully saturated rings. The van der Waals surface area contributed by atoms with E-state index < -0.39 is 0 Å². The number of imidazole rings is 1. The molecule has 0 saturated heterocycles. The first-order chi connectivity index (χ1) is 8.41. The van der Waals surface area contributed by atoms with Crippen LogP contribution < -0.4 is 5.69 Å². The highest BCUT2D eigenvalue weighted by molar-refractivity contribution is 6.42. The molecule has 0 unspecified atom stereocenters. The minimum absolute atomic E-state index is 0.0686. The van der Waals surface area contributed by atoms with Crippen LogP contribution in [0.2, 0.25) is 10.0 Å². The van der Waals surface area contributed by atoms with Gasteiger partial charge in [-0.1, -0.05) is 23.2 Å². The largest absolute Gasteiger partial charge is 0.333 e. The van der Waals surface area contributed by atoms with Crippen LogP contribution in [-0.2, 0) is 0 Å². The zero-order chi connectivity index (χ0) is 13.4. The summed E-state index contributed by atoms with van der Waals surface area (Å²) >= 11 is 11.9. The molecule has 96 valence electrons. The summed E-state index contributed by atoms with van der Waals surface area (Å²) in [5.41, 5.74) is 1.53. The standard InChI is InChI=1S/C13H14Cl2N2O/c1-8(2)16-7-9(3)17(13(16)18)10-4-5-11(14)12(15)6-10/h4-8H,1-3H3. The lowest BCUT2D eigenvalue weighted by Crippen LogP contribution is -2.24. The van der Waals surface area contributed by atoms with Crippen LogP contribution in [0.25, 0.3) is 5.69 Å². The van der Waals surface area contributed by atoms with E-state index in [9.17, 15) is 4.79 Å². The molecule has 0 aliphatic rings. The molecule has 0 atom stereocenters. The van der Waals surface area contributed by atoms with Gasteiger partial charge in [-0.3, -0.25) is 9.13 Å². The van der Waals surface area contributed by atoms with Crippen molar-refractivity contribution in [2.24, 2.45) is 0 Å². The van der Waals surface area contributed by atoms with Crippen molar-refractivity contribution in [3.63, 3.8) is 0 Å². The maximum Gasteiger partial charge on any atom is 0.333 e. The Kier molecular flexibility index (Phi) is 3.55. The molecule has 0 aliphatic carbocycles. The second-order valence-corrected chi connectivity index (χ2v) is 5.30. The number of rotatable bonds is 2. The monoisotopic (exact) mass is 284 g/mol. The first kappa shape index (κ1) is 13.2. The summed E-state index contributed by atoms with van der Waals surface area (Å²) in [6, 6.07) is 5.30. The van der Waals surface area contributed by atoms with Crippen LogP contribution in [0.4, 0.5) is 0 Å². The molecule has 0 bridgehead atoms. The van der Waals surface area contributed by atoms with Gasteiger partial charge in [0.15, 0.2) is 0 Å². The molecule has 1 aromatic carbocycles. The summed E-state index contributed by atoms with van der Waals surface area (Å²) in [7, 11) is 0. The van der Waals surface area contributed by atoms with Crippen LogP contribution in [0.1, 0.15) is 25.6 Å². The molecule has 18 heavy (non-hydrogen) atoms. The van der Waals surface area contributed by atoms with Crippen LogP contribution in [0.3, 0.4) is 0 Å². The zero-order valence-electron chi connectivity index (χ0n) is 10.4. The van der Waals surface area contributed by atoms with Gasteiger partial charge in [0.05, 0.1) is 15.7 Å². The third kappa shape index (κ3) is 2.20. The summed E-state index contributed by atoms with van der Waals surface area (Å²) in [6.45, 7) is 5.84. The second kappa shape index (κ2) is 4.82. The third-order valence-corrected chi connectivity index (χ3v) is 3.55. The van der Waals surface area contributed by atoms with Crippen molar-refractivity contribution in [1.29, 1.82) is 0 Å². The van der Waals surface area contributed by atoms with Crippen LogP contribution in [0, 0.1) is 6.92 Å². The maximum atomic E-state index is 12.3. The molecular weight excluding hydrogens is 271 g/mol. The van der Waals surface area contributed by atoms with Gasteiger partial charge in [0, 0.05) is 17.9 Å². The van der Waals surface area contributed by atoms with E-state index in [4.69, 9.17) is 23.2 Å². The molecule has 5 heteroatoms. The Morgan fingerprint density at radius 2 is 1.83 bits per heavy atom. The number of hydrogen-bond acceptors (Lipinski definition) is 1. The maximum absolute atomic E-state index is 12.3. The highest BCUT2D eigenvalue weighted by atomic mass is 35.5. The number of hydrogen-bond donors (Lipinski definition) is 0. The summed E-state index contributed by atoms with van der Waals surface area (Å²) in [6.07, 6.45) is 1.84. The van der Waals surface area contributed by atoms with Crippen molar-refractivity contribution in [2.45, 2.75) is 26.8 Å². The molecule has 0 aliphatic heterocycles. The molecule has 3 nitrogen and oxygen atoms in total. The molecule has 0 radical (unpaired) electrons. The van der Waals surface area contributed by atoms with Crippen molar-refractivity contribution < 1.29 is 0 Å².